The minimum absolute atomic E-state index is 0.180. The number of piperidine rings is 1. The number of rotatable bonds is 7. The van der Waals surface area contributed by atoms with Crippen molar-refractivity contribution >= 4 is 46.3 Å². The Balaban J connectivity index is 1.15. The summed E-state index contributed by atoms with van der Waals surface area (Å²) in [6.07, 6.45) is 5.23. The van der Waals surface area contributed by atoms with Crippen molar-refractivity contribution in [2.45, 2.75) is 19.4 Å². The molecule has 2 aromatic heterocycles. The van der Waals surface area contributed by atoms with E-state index in [-0.39, 0.29) is 11.1 Å². The molecule has 0 spiro atoms. The molecule has 1 aromatic carbocycles. The summed E-state index contributed by atoms with van der Waals surface area (Å²) in [6, 6.07) is 8.99. The van der Waals surface area contributed by atoms with Gasteiger partial charge in [0.05, 0.1) is 10.6 Å². The number of halogens is 1. The Bertz CT molecular complexity index is 1260. The molecule has 0 atom stereocenters. The summed E-state index contributed by atoms with van der Waals surface area (Å²) in [5, 5.41) is 9.39. The second-order valence-electron chi connectivity index (χ2n) is 8.47. The molecular formula is C25H24FN5O2S2. The van der Waals surface area contributed by atoms with Crippen LogP contribution in [-0.4, -0.2) is 40.7 Å². The van der Waals surface area contributed by atoms with Gasteiger partial charge in [0, 0.05) is 31.4 Å². The highest BCUT2D eigenvalue weighted by Gasteiger charge is 2.26. The monoisotopic (exact) mass is 509 g/mol. The zero-order chi connectivity index (χ0) is 24.2. The van der Waals surface area contributed by atoms with Crippen LogP contribution in [0.3, 0.4) is 0 Å². The summed E-state index contributed by atoms with van der Waals surface area (Å²) >= 11 is 2.48. The van der Waals surface area contributed by atoms with Crippen molar-refractivity contribution in [3.8, 4) is 11.1 Å². The van der Waals surface area contributed by atoms with Crippen molar-refractivity contribution < 1.29 is 14.0 Å². The van der Waals surface area contributed by atoms with Gasteiger partial charge in [0.1, 0.15) is 5.82 Å². The van der Waals surface area contributed by atoms with Crippen molar-refractivity contribution in [2.75, 3.05) is 24.5 Å². The zero-order valence-electron chi connectivity index (χ0n) is 18.9. The van der Waals surface area contributed by atoms with Gasteiger partial charge in [-0.3, -0.25) is 14.9 Å². The highest BCUT2D eigenvalue weighted by atomic mass is 32.2. The maximum atomic E-state index is 14.5. The number of aromatic nitrogens is 2. The Kier molecular flexibility index (Phi) is 7.21. The number of hydrogen-bond acceptors (Lipinski definition) is 8. The predicted molar refractivity (Wildman–Crippen MR) is 137 cm³/mol. The van der Waals surface area contributed by atoms with E-state index in [2.05, 4.69) is 25.5 Å². The predicted octanol–water partition coefficient (Wildman–Crippen LogP) is 4.67. The van der Waals surface area contributed by atoms with Crippen LogP contribution in [0.5, 0.6) is 0 Å². The number of nitrogens with one attached hydrogen (secondary N) is 2. The van der Waals surface area contributed by atoms with Crippen LogP contribution >= 0.6 is 23.1 Å². The lowest BCUT2D eigenvalue weighted by Gasteiger charge is -2.32. The molecule has 2 amide bonds. The van der Waals surface area contributed by atoms with Gasteiger partial charge in [0.2, 0.25) is 5.95 Å². The molecule has 2 aliphatic heterocycles. The second-order valence-corrected chi connectivity index (χ2v) is 10.3. The van der Waals surface area contributed by atoms with Crippen LogP contribution in [0.1, 0.15) is 24.1 Å². The summed E-state index contributed by atoms with van der Waals surface area (Å²) in [6.45, 7) is 2.95. The first-order chi connectivity index (χ1) is 17.1. The molecule has 0 bridgehead atoms. The third-order valence-electron chi connectivity index (χ3n) is 6.17. The molecule has 4 heterocycles. The molecule has 0 radical (unpaired) electrons. The van der Waals surface area contributed by atoms with Gasteiger partial charge < -0.3 is 10.2 Å². The summed E-state index contributed by atoms with van der Waals surface area (Å²) < 4.78 is 14.5. The van der Waals surface area contributed by atoms with E-state index in [0.717, 1.165) is 55.4 Å². The van der Waals surface area contributed by atoms with Crippen LogP contribution in [0.4, 0.5) is 15.1 Å². The van der Waals surface area contributed by atoms with Crippen LogP contribution in [0, 0.1) is 11.7 Å². The third-order valence-corrected chi connectivity index (χ3v) is 7.66. The summed E-state index contributed by atoms with van der Waals surface area (Å²) in [7, 11) is 0. The summed E-state index contributed by atoms with van der Waals surface area (Å²) in [4.78, 5) is 34.6. The molecule has 0 saturated carbocycles. The quantitative estimate of drug-likeness (QED) is 0.448. The Hall–Kier alpha value is -3.08. The molecule has 10 heteroatoms. The maximum Gasteiger partial charge on any atom is 0.290 e. The summed E-state index contributed by atoms with van der Waals surface area (Å²) in [5.74, 6) is 0.525. The van der Waals surface area contributed by atoms with E-state index >= 15 is 0 Å². The fourth-order valence-electron chi connectivity index (χ4n) is 4.31. The normalized spacial score (nSPS) is 17.9. The molecular weight excluding hydrogens is 485 g/mol. The number of amides is 2. The van der Waals surface area contributed by atoms with Gasteiger partial charge in [-0.15, -0.1) is 0 Å². The van der Waals surface area contributed by atoms with E-state index in [0.29, 0.717) is 34.6 Å². The SMILES string of the molecule is O=C1NC(=O)/C(=C/c2ccnc(N3CCC(CNCc4c(F)cccc4-c4ccsc4)CC3)n2)S1. The fraction of sp³-hybridized carbons (Fsp3) is 0.280. The van der Waals surface area contributed by atoms with Gasteiger partial charge >= 0.3 is 0 Å². The Labute approximate surface area is 210 Å². The smallest absolute Gasteiger partial charge is 0.290 e. The fourth-order valence-corrected chi connectivity index (χ4v) is 5.64. The number of nitrogens with zero attached hydrogens (tertiary/aromatic N) is 3. The Morgan fingerprint density at radius 3 is 2.80 bits per heavy atom. The highest BCUT2D eigenvalue weighted by molar-refractivity contribution is 8.18. The highest BCUT2D eigenvalue weighted by Crippen LogP contribution is 2.28. The molecule has 2 aliphatic rings. The molecule has 0 aliphatic carbocycles. The van der Waals surface area contributed by atoms with Crippen LogP contribution in [-0.2, 0) is 11.3 Å². The first-order valence-electron chi connectivity index (χ1n) is 11.4. The topological polar surface area (TPSA) is 87.2 Å². The van der Waals surface area contributed by atoms with Gasteiger partial charge in [0.15, 0.2) is 0 Å². The van der Waals surface area contributed by atoms with Crippen LogP contribution in [0.2, 0.25) is 0 Å². The van der Waals surface area contributed by atoms with E-state index in [9.17, 15) is 14.0 Å². The average molecular weight is 510 g/mol. The molecule has 2 N–H and O–H groups in total. The zero-order valence-corrected chi connectivity index (χ0v) is 20.5. The number of benzene rings is 1. The van der Waals surface area contributed by atoms with Gasteiger partial charge in [-0.1, -0.05) is 12.1 Å². The molecule has 0 unspecified atom stereocenters. The number of thioether (sulfide) groups is 1. The standard InChI is InChI=1S/C25H24FN5O2S2/c26-21-3-1-2-19(17-7-11-34-15-17)20(21)14-27-13-16-5-9-31(10-6-16)24-28-8-4-18(29-24)12-22-23(32)30-25(33)35-22/h1-4,7-8,11-12,15-16,27H,5-6,9-10,13-14H2,(H,30,32,33)/b22-12-. The van der Waals surface area contributed by atoms with Gasteiger partial charge in [0.25, 0.3) is 11.1 Å². The second kappa shape index (κ2) is 10.7. The van der Waals surface area contributed by atoms with Crippen LogP contribution in [0.25, 0.3) is 17.2 Å². The third kappa shape index (κ3) is 5.61. The average Bonchev–Trinajstić information content (AvgIpc) is 3.50. The Morgan fingerprint density at radius 1 is 1.20 bits per heavy atom. The lowest BCUT2D eigenvalue weighted by Crippen LogP contribution is -2.38. The molecule has 5 rings (SSSR count). The maximum absolute atomic E-state index is 14.5. The lowest BCUT2D eigenvalue weighted by atomic mass is 9.96. The van der Waals surface area contributed by atoms with Crippen LogP contribution < -0.4 is 15.5 Å². The first kappa shape index (κ1) is 23.7. The first-order valence-corrected chi connectivity index (χ1v) is 13.2. The molecule has 180 valence electrons. The van der Waals surface area contributed by atoms with Gasteiger partial charge in [-0.2, -0.15) is 11.3 Å². The van der Waals surface area contributed by atoms with Crippen molar-refractivity contribution in [3.05, 3.63) is 69.3 Å². The van der Waals surface area contributed by atoms with E-state index in [1.54, 1.807) is 35.7 Å². The molecule has 7 nitrogen and oxygen atoms in total. The lowest BCUT2D eigenvalue weighted by molar-refractivity contribution is -0.115. The molecule has 2 saturated heterocycles. The Morgan fingerprint density at radius 2 is 2.06 bits per heavy atom. The number of anilines is 1. The number of carbonyl (C=O) groups excluding carboxylic acids is 2. The molecule has 3 aromatic rings. The van der Waals surface area contributed by atoms with Crippen molar-refractivity contribution in [1.82, 2.24) is 20.6 Å². The van der Waals surface area contributed by atoms with Crippen molar-refractivity contribution in [1.29, 1.82) is 0 Å². The minimum atomic E-state index is -0.397. The molecule has 35 heavy (non-hydrogen) atoms. The van der Waals surface area contributed by atoms with Crippen molar-refractivity contribution in [2.24, 2.45) is 5.92 Å². The van der Waals surface area contributed by atoms with E-state index in [1.165, 1.54) is 6.07 Å². The van der Waals surface area contributed by atoms with E-state index in [4.69, 9.17) is 0 Å². The van der Waals surface area contributed by atoms with Crippen LogP contribution in [0.15, 0.2) is 52.2 Å². The number of hydrogen-bond donors (Lipinski definition) is 2. The van der Waals surface area contributed by atoms with Crippen molar-refractivity contribution in [3.63, 3.8) is 0 Å². The number of imide groups is 1. The largest absolute Gasteiger partial charge is 0.341 e. The molecule has 2 fully saturated rings. The van der Waals surface area contributed by atoms with Gasteiger partial charge in [-0.05, 0) is 83.2 Å². The number of thiophene rings is 1. The number of carbonyl (C=O) groups is 2. The van der Waals surface area contributed by atoms with E-state index < -0.39 is 5.91 Å². The van der Waals surface area contributed by atoms with Gasteiger partial charge in [-0.25, -0.2) is 14.4 Å². The summed E-state index contributed by atoms with van der Waals surface area (Å²) in [5.41, 5.74) is 3.30. The minimum Gasteiger partial charge on any atom is -0.341 e. The van der Waals surface area contributed by atoms with E-state index in [1.807, 2.05) is 22.9 Å².